The molecule has 0 fully saturated rings. The molecule has 2 rings (SSSR count). The second kappa shape index (κ2) is 6.39. The van der Waals surface area contributed by atoms with Crippen molar-refractivity contribution < 1.29 is 21.6 Å². The monoisotopic (exact) mass is 393 g/mol. The van der Waals surface area contributed by atoms with Crippen LogP contribution in [0.5, 0.6) is 0 Å². The number of hydrogen-bond donors (Lipinski definition) is 0. The van der Waals surface area contributed by atoms with Gasteiger partial charge in [0.25, 0.3) is 0 Å². The molecular formula is C14H11BrF3NO2S. The lowest BCUT2D eigenvalue weighted by atomic mass is 10.2. The molecular weight excluding hydrogens is 383 g/mol. The van der Waals surface area contributed by atoms with Gasteiger partial charge in [0.2, 0.25) is 10.0 Å². The van der Waals surface area contributed by atoms with E-state index in [-0.39, 0.29) is 6.54 Å². The maximum Gasteiger partial charge on any atom is 0.246 e. The van der Waals surface area contributed by atoms with E-state index in [2.05, 4.69) is 15.9 Å². The van der Waals surface area contributed by atoms with Crippen LogP contribution >= 0.6 is 15.9 Å². The van der Waals surface area contributed by atoms with Gasteiger partial charge in [0.05, 0.1) is 0 Å². The zero-order valence-corrected chi connectivity index (χ0v) is 13.8. The van der Waals surface area contributed by atoms with Crippen molar-refractivity contribution >= 4 is 26.0 Å². The second-order valence-corrected chi connectivity index (χ2v) is 7.39. The van der Waals surface area contributed by atoms with Gasteiger partial charge in [-0.15, -0.1) is 0 Å². The Morgan fingerprint density at radius 2 is 1.68 bits per heavy atom. The molecule has 0 unspecified atom stereocenters. The van der Waals surface area contributed by atoms with E-state index in [0.29, 0.717) is 22.2 Å². The largest absolute Gasteiger partial charge is 0.246 e. The van der Waals surface area contributed by atoms with Crippen LogP contribution < -0.4 is 0 Å². The van der Waals surface area contributed by atoms with E-state index in [4.69, 9.17) is 0 Å². The Morgan fingerprint density at radius 3 is 2.32 bits per heavy atom. The molecule has 0 N–H and O–H groups in total. The first-order valence-electron chi connectivity index (χ1n) is 6.08. The number of rotatable bonds is 4. The van der Waals surface area contributed by atoms with Crippen LogP contribution in [-0.4, -0.2) is 19.8 Å². The van der Waals surface area contributed by atoms with Gasteiger partial charge in [0.15, 0.2) is 17.5 Å². The predicted molar refractivity (Wildman–Crippen MR) is 79.1 cm³/mol. The first-order valence-corrected chi connectivity index (χ1v) is 8.31. The molecule has 2 aromatic carbocycles. The molecule has 0 aliphatic rings. The van der Waals surface area contributed by atoms with Crippen molar-refractivity contribution in [3.63, 3.8) is 0 Å². The van der Waals surface area contributed by atoms with Gasteiger partial charge in [0, 0.05) is 18.1 Å². The van der Waals surface area contributed by atoms with Gasteiger partial charge in [-0.2, -0.15) is 4.31 Å². The first-order chi connectivity index (χ1) is 10.2. The molecule has 8 heteroatoms. The number of nitrogens with zero attached hydrogens (tertiary/aromatic N) is 1. The molecule has 22 heavy (non-hydrogen) atoms. The van der Waals surface area contributed by atoms with Crippen LogP contribution in [0.3, 0.4) is 0 Å². The van der Waals surface area contributed by atoms with Gasteiger partial charge in [-0.05, 0) is 23.8 Å². The number of hydrogen-bond acceptors (Lipinski definition) is 2. The van der Waals surface area contributed by atoms with Crippen molar-refractivity contribution in [2.75, 3.05) is 7.05 Å². The fourth-order valence-electron chi connectivity index (χ4n) is 1.83. The van der Waals surface area contributed by atoms with Gasteiger partial charge >= 0.3 is 0 Å². The number of benzene rings is 2. The molecule has 0 saturated carbocycles. The van der Waals surface area contributed by atoms with Crippen molar-refractivity contribution in [3.05, 3.63) is 63.9 Å². The van der Waals surface area contributed by atoms with Crippen molar-refractivity contribution in [2.24, 2.45) is 0 Å². The highest BCUT2D eigenvalue weighted by Crippen LogP contribution is 2.25. The SMILES string of the molecule is CN(Cc1ccccc1Br)S(=O)(=O)c1ccc(F)c(F)c1F. The minimum atomic E-state index is -4.29. The Labute approximate surface area is 134 Å². The van der Waals surface area contributed by atoms with E-state index in [9.17, 15) is 21.6 Å². The summed E-state index contributed by atoms with van der Waals surface area (Å²) in [6.45, 7) is -0.0534. The van der Waals surface area contributed by atoms with Crippen LogP contribution in [-0.2, 0) is 16.6 Å². The van der Waals surface area contributed by atoms with E-state index >= 15 is 0 Å². The number of sulfonamides is 1. The van der Waals surface area contributed by atoms with Gasteiger partial charge in [-0.1, -0.05) is 34.1 Å². The highest BCUT2D eigenvalue weighted by molar-refractivity contribution is 9.10. The van der Waals surface area contributed by atoms with Crippen molar-refractivity contribution in [1.82, 2.24) is 4.31 Å². The molecule has 0 amide bonds. The Bertz CT molecular complexity index is 812. The highest BCUT2D eigenvalue weighted by atomic mass is 79.9. The van der Waals surface area contributed by atoms with E-state index < -0.39 is 32.4 Å². The van der Waals surface area contributed by atoms with Gasteiger partial charge in [0.1, 0.15) is 4.90 Å². The molecule has 0 bridgehead atoms. The van der Waals surface area contributed by atoms with E-state index in [0.717, 1.165) is 4.31 Å². The molecule has 0 aliphatic heterocycles. The highest BCUT2D eigenvalue weighted by Gasteiger charge is 2.28. The molecule has 3 nitrogen and oxygen atoms in total. The van der Waals surface area contributed by atoms with Crippen LogP contribution in [0.4, 0.5) is 13.2 Å². The molecule has 0 saturated heterocycles. The maximum atomic E-state index is 13.7. The molecule has 0 aromatic heterocycles. The zero-order valence-electron chi connectivity index (χ0n) is 11.4. The third kappa shape index (κ3) is 3.18. The van der Waals surface area contributed by atoms with E-state index in [1.807, 2.05) is 0 Å². The predicted octanol–water partition coefficient (Wildman–Crippen LogP) is 3.69. The molecule has 0 aliphatic carbocycles. The van der Waals surface area contributed by atoms with E-state index in [1.165, 1.54) is 7.05 Å². The Hall–Kier alpha value is -1.38. The lowest BCUT2D eigenvalue weighted by Gasteiger charge is -2.18. The van der Waals surface area contributed by atoms with Crippen LogP contribution in [0.15, 0.2) is 45.8 Å². The lowest BCUT2D eigenvalue weighted by Crippen LogP contribution is -2.27. The summed E-state index contributed by atoms with van der Waals surface area (Å²) in [5.74, 6) is -4.97. The van der Waals surface area contributed by atoms with Gasteiger partial charge < -0.3 is 0 Å². The molecule has 0 atom stereocenters. The minimum Gasteiger partial charge on any atom is -0.207 e. The summed E-state index contributed by atoms with van der Waals surface area (Å²) in [6, 6.07) is 8.19. The second-order valence-electron chi connectivity index (χ2n) is 4.53. The third-order valence-electron chi connectivity index (χ3n) is 3.04. The summed E-state index contributed by atoms with van der Waals surface area (Å²) >= 11 is 3.28. The molecule has 0 spiro atoms. The average Bonchev–Trinajstić information content (AvgIpc) is 2.47. The summed E-state index contributed by atoms with van der Waals surface area (Å²) in [5, 5.41) is 0. The topological polar surface area (TPSA) is 37.4 Å². The van der Waals surface area contributed by atoms with Gasteiger partial charge in [-0.3, -0.25) is 0 Å². The Morgan fingerprint density at radius 1 is 1.05 bits per heavy atom. The molecule has 118 valence electrons. The Balaban J connectivity index is 2.39. The fourth-order valence-corrected chi connectivity index (χ4v) is 3.44. The maximum absolute atomic E-state index is 13.7. The van der Waals surface area contributed by atoms with Gasteiger partial charge in [-0.25, -0.2) is 21.6 Å². The fraction of sp³-hybridized carbons (Fsp3) is 0.143. The Kier molecular flexibility index (Phi) is 4.93. The summed E-state index contributed by atoms with van der Waals surface area (Å²) in [6.07, 6.45) is 0. The van der Waals surface area contributed by atoms with Crippen LogP contribution in [0.1, 0.15) is 5.56 Å². The van der Waals surface area contributed by atoms with Crippen LogP contribution in [0, 0.1) is 17.5 Å². The van der Waals surface area contributed by atoms with Crippen molar-refractivity contribution in [1.29, 1.82) is 0 Å². The quantitative estimate of drug-likeness (QED) is 0.742. The normalized spacial score (nSPS) is 11.9. The van der Waals surface area contributed by atoms with Crippen molar-refractivity contribution in [2.45, 2.75) is 11.4 Å². The average molecular weight is 394 g/mol. The van der Waals surface area contributed by atoms with Crippen LogP contribution in [0.2, 0.25) is 0 Å². The van der Waals surface area contributed by atoms with Crippen LogP contribution in [0.25, 0.3) is 0 Å². The molecule has 0 heterocycles. The first kappa shape index (κ1) is 17.0. The summed E-state index contributed by atoms with van der Waals surface area (Å²) in [5.41, 5.74) is 0.650. The number of halogens is 4. The molecule has 2 aromatic rings. The lowest BCUT2D eigenvalue weighted by molar-refractivity contribution is 0.421. The molecule has 0 radical (unpaired) electrons. The standard InChI is InChI=1S/C14H11BrF3NO2S/c1-19(8-9-4-2-3-5-10(9)15)22(20,21)12-7-6-11(16)13(17)14(12)18/h2-7H,8H2,1H3. The summed E-state index contributed by atoms with van der Waals surface area (Å²) < 4.78 is 66.0. The summed E-state index contributed by atoms with van der Waals surface area (Å²) in [4.78, 5) is -0.902. The summed E-state index contributed by atoms with van der Waals surface area (Å²) in [7, 11) is -3.06. The smallest absolute Gasteiger partial charge is 0.207 e. The minimum absolute atomic E-state index is 0.0534. The zero-order chi connectivity index (χ0) is 16.5. The van der Waals surface area contributed by atoms with Crippen molar-refractivity contribution in [3.8, 4) is 0 Å². The van der Waals surface area contributed by atoms with E-state index in [1.54, 1.807) is 24.3 Å². The third-order valence-corrected chi connectivity index (χ3v) is 5.63.